The van der Waals surface area contributed by atoms with Crippen molar-refractivity contribution in [3.63, 3.8) is 0 Å². The lowest BCUT2D eigenvalue weighted by atomic mass is 10.0. The summed E-state index contributed by atoms with van der Waals surface area (Å²) >= 11 is 0. The van der Waals surface area contributed by atoms with E-state index in [1.54, 1.807) is 13.8 Å². The highest BCUT2D eigenvalue weighted by Crippen LogP contribution is 2.03. The molecule has 9 N–H and O–H groups in total. The zero-order valence-corrected chi connectivity index (χ0v) is 16.1. The highest BCUT2D eigenvalue weighted by molar-refractivity contribution is 5.94. The van der Waals surface area contributed by atoms with Crippen molar-refractivity contribution in [1.82, 2.24) is 16.0 Å². The Labute approximate surface area is 162 Å². The van der Waals surface area contributed by atoms with Gasteiger partial charge in [0.2, 0.25) is 23.6 Å². The van der Waals surface area contributed by atoms with Crippen LogP contribution in [-0.2, 0) is 24.0 Å². The summed E-state index contributed by atoms with van der Waals surface area (Å²) in [5.41, 5.74) is 10.4. The van der Waals surface area contributed by atoms with Gasteiger partial charge in [0.1, 0.15) is 24.2 Å². The molecule has 0 aliphatic heterocycles. The number of aliphatic hydroxyl groups excluding tert-OH is 1. The van der Waals surface area contributed by atoms with Crippen LogP contribution in [0.2, 0.25) is 0 Å². The molecule has 0 spiro atoms. The summed E-state index contributed by atoms with van der Waals surface area (Å²) in [6, 6.07) is -4.76. The van der Waals surface area contributed by atoms with Gasteiger partial charge in [-0.15, -0.1) is 0 Å². The molecule has 12 heteroatoms. The number of hydrogen-bond acceptors (Lipinski definition) is 7. The SMILES string of the molecule is CC(NC(=O)C(CCC(N)=O)NC(=O)C(N)CO)C(=O)NC(C(=O)O)C(C)C. The second-order valence-corrected chi connectivity index (χ2v) is 6.65. The minimum absolute atomic E-state index is 0.150. The summed E-state index contributed by atoms with van der Waals surface area (Å²) in [5.74, 6) is -4.65. The van der Waals surface area contributed by atoms with Crippen molar-refractivity contribution in [2.24, 2.45) is 17.4 Å². The first kappa shape index (κ1) is 25.3. The number of carboxylic acids is 1. The number of primary amides is 1. The first-order valence-electron chi connectivity index (χ1n) is 8.69. The molecule has 12 nitrogen and oxygen atoms in total. The molecule has 0 aliphatic rings. The predicted octanol–water partition coefficient (Wildman–Crippen LogP) is -3.21. The number of hydrogen-bond donors (Lipinski definition) is 7. The first-order valence-corrected chi connectivity index (χ1v) is 8.69. The van der Waals surface area contributed by atoms with E-state index in [1.165, 1.54) is 6.92 Å². The number of amides is 4. The topological polar surface area (TPSA) is 214 Å². The second kappa shape index (κ2) is 11.9. The molecule has 0 aromatic heterocycles. The van der Waals surface area contributed by atoms with Crippen LogP contribution in [0.1, 0.15) is 33.6 Å². The molecule has 0 saturated carbocycles. The average molecular weight is 403 g/mol. The summed E-state index contributed by atoms with van der Waals surface area (Å²) in [6.45, 7) is 3.91. The quantitative estimate of drug-likeness (QED) is 0.175. The lowest BCUT2D eigenvalue weighted by Crippen LogP contribution is -2.57. The van der Waals surface area contributed by atoms with Gasteiger partial charge in [-0.1, -0.05) is 13.8 Å². The molecule has 0 heterocycles. The van der Waals surface area contributed by atoms with Crippen LogP contribution >= 0.6 is 0 Å². The molecule has 4 amide bonds. The van der Waals surface area contributed by atoms with E-state index in [2.05, 4.69) is 16.0 Å². The fourth-order valence-electron chi connectivity index (χ4n) is 2.09. The van der Waals surface area contributed by atoms with Crippen molar-refractivity contribution in [3.8, 4) is 0 Å². The minimum atomic E-state index is -1.27. The van der Waals surface area contributed by atoms with E-state index in [0.717, 1.165) is 0 Å². The average Bonchev–Trinajstić information content (AvgIpc) is 2.60. The Morgan fingerprint density at radius 3 is 1.93 bits per heavy atom. The van der Waals surface area contributed by atoms with Crippen LogP contribution in [0, 0.1) is 5.92 Å². The van der Waals surface area contributed by atoms with Crippen molar-refractivity contribution in [2.75, 3.05) is 6.61 Å². The molecule has 0 bridgehead atoms. The Kier molecular flexibility index (Phi) is 10.7. The van der Waals surface area contributed by atoms with Gasteiger partial charge in [-0.3, -0.25) is 19.2 Å². The summed E-state index contributed by atoms with van der Waals surface area (Å²) in [5, 5.41) is 24.9. The van der Waals surface area contributed by atoms with Gasteiger partial charge in [0.05, 0.1) is 6.61 Å². The van der Waals surface area contributed by atoms with E-state index < -0.39 is 60.4 Å². The lowest BCUT2D eigenvalue weighted by molar-refractivity contribution is -0.143. The number of carbonyl (C=O) groups is 5. The van der Waals surface area contributed by atoms with Crippen LogP contribution in [0.25, 0.3) is 0 Å². The van der Waals surface area contributed by atoms with Crippen molar-refractivity contribution >= 4 is 29.6 Å². The zero-order valence-electron chi connectivity index (χ0n) is 16.1. The van der Waals surface area contributed by atoms with Gasteiger partial charge in [-0.2, -0.15) is 0 Å². The number of nitrogens with two attached hydrogens (primary N) is 2. The Hall–Kier alpha value is -2.73. The standard InChI is InChI=1S/C16H29N5O7/c1-7(2)12(16(27)28)21-13(24)8(3)19-15(26)10(4-5-11(18)23)20-14(25)9(17)6-22/h7-10,12,22H,4-6,17H2,1-3H3,(H2,18,23)(H,19,26)(H,20,25)(H,21,24)(H,27,28). The van der Waals surface area contributed by atoms with Crippen LogP contribution in [0.4, 0.5) is 0 Å². The summed E-state index contributed by atoms with van der Waals surface area (Å²) in [6.07, 6.45) is -0.370. The van der Waals surface area contributed by atoms with Gasteiger partial charge in [0.25, 0.3) is 0 Å². The van der Waals surface area contributed by atoms with Crippen LogP contribution < -0.4 is 27.4 Å². The smallest absolute Gasteiger partial charge is 0.326 e. The summed E-state index contributed by atoms with van der Waals surface area (Å²) < 4.78 is 0. The highest BCUT2D eigenvalue weighted by Gasteiger charge is 2.29. The van der Waals surface area contributed by atoms with Crippen LogP contribution in [0.15, 0.2) is 0 Å². The van der Waals surface area contributed by atoms with Gasteiger partial charge in [-0.25, -0.2) is 4.79 Å². The molecular weight excluding hydrogens is 374 g/mol. The molecule has 0 aliphatic carbocycles. The fraction of sp³-hybridized carbons (Fsp3) is 0.688. The van der Waals surface area contributed by atoms with Crippen LogP contribution in [0.5, 0.6) is 0 Å². The van der Waals surface area contributed by atoms with Gasteiger partial charge in [0, 0.05) is 6.42 Å². The van der Waals surface area contributed by atoms with Crippen molar-refractivity contribution in [2.45, 2.75) is 57.8 Å². The van der Waals surface area contributed by atoms with Gasteiger partial charge in [-0.05, 0) is 19.3 Å². The van der Waals surface area contributed by atoms with Crippen LogP contribution in [0.3, 0.4) is 0 Å². The third kappa shape index (κ3) is 8.77. The van der Waals surface area contributed by atoms with E-state index in [0.29, 0.717) is 0 Å². The monoisotopic (exact) mass is 403 g/mol. The molecule has 4 unspecified atom stereocenters. The predicted molar refractivity (Wildman–Crippen MR) is 97.4 cm³/mol. The Bertz CT molecular complexity index is 596. The largest absolute Gasteiger partial charge is 0.480 e. The van der Waals surface area contributed by atoms with Gasteiger partial charge in [0.15, 0.2) is 0 Å². The van der Waals surface area contributed by atoms with Gasteiger partial charge >= 0.3 is 5.97 Å². The summed E-state index contributed by atoms with van der Waals surface area (Å²) in [7, 11) is 0. The maximum Gasteiger partial charge on any atom is 0.326 e. The van der Waals surface area contributed by atoms with Crippen LogP contribution in [-0.4, -0.2) is 70.6 Å². The van der Waals surface area contributed by atoms with Crippen molar-refractivity contribution < 1.29 is 34.2 Å². The van der Waals surface area contributed by atoms with Gasteiger partial charge < -0.3 is 37.6 Å². The number of nitrogens with one attached hydrogen (secondary N) is 3. The molecule has 28 heavy (non-hydrogen) atoms. The Balaban J connectivity index is 5.06. The molecule has 4 atom stereocenters. The van der Waals surface area contributed by atoms with E-state index in [-0.39, 0.29) is 18.8 Å². The Morgan fingerprint density at radius 2 is 1.50 bits per heavy atom. The van der Waals surface area contributed by atoms with E-state index in [9.17, 15) is 24.0 Å². The zero-order chi connectivity index (χ0) is 22.0. The normalized spacial score (nSPS) is 15.1. The number of aliphatic hydroxyl groups is 1. The van der Waals surface area contributed by atoms with Crippen molar-refractivity contribution in [1.29, 1.82) is 0 Å². The molecule has 0 fully saturated rings. The number of aliphatic carboxylic acids is 1. The first-order chi connectivity index (χ1) is 12.9. The van der Waals surface area contributed by atoms with E-state index in [4.69, 9.17) is 21.7 Å². The molecule has 0 aromatic rings. The summed E-state index contributed by atoms with van der Waals surface area (Å²) in [4.78, 5) is 58.5. The molecular formula is C16H29N5O7. The molecule has 0 saturated heterocycles. The third-order valence-electron chi connectivity index (χ3n) is 3.83. The number of carboxylic acid groups (broad SMARTS) is 1. The maximum atomic E-state index is 12.4. The number of carbonyl (C=O) groups excluding carboxylic acids is 4. The second-order valence-electron chi connectivity index (χ2n) is 6.65. The highest BCUT2D eigenvalue weighted by atomic mass is 16.4. The Morgan fingerprint density at radius 1 is 0.929 bits per heavy atom. The lowest BCUT2D eigenvalue weighted by Gasteiger charge is -2.24. The van der Waals surface area contributed by atoms with E-state index >= 15 is 0 Å². The minimum Gasteiger partial charge on any atom is -0.480 e. The maximum absolute atomic E-state index is 12.4. The fourth-order valence-corrected chi connectivity index (χ4v) is 2.09. The van der Waals surface area contributed by atoms with E-state index in [1.807, 2.05) is 0 Å². The molecule has 0 radical (unpaired) electrons. The molecule has 160 valence electrons. The molecule has 0 aromatic carbocycles. The number of rotatable bonds is 12. The third-order valence-corrected chi connectivity index (χ3v) is 3.83. The molecule has 0 rings (SSSR count). The van der Waals surface area contributed by atoms with Crippen molar-refractivity contribution in [3.05, 3.63) is 0 Å².